The fourth-order valence-corrected chi connectivity index (χ4v) is 2.72. The Labute approximate surface area is 159 Å². The lowest BCUT2D eigenvalue weighted by atomic mass is 10.0. The van der Waals surface area contributed by atoms with E-state index in [2.05, 4.69) is 6.07 Å². The summed E-state index contributed by atoms with van der Waals surface area (Å²) in [6, 6.07) is 15.2. The van der Waals surface area contributed by atoms with Crippen LogP contribution in [0.15, 0.2) is 42.5 Å². The summed E-state index contributed by atoms with van der Waals surface area (Å²) in [6.07, 6.45) is 3.11. The number of hydrogen-bond donors (Lipinski definition) is 0. The third-order valence-electron chi connectivity index (χ3n) is 3.88. The Bertz CT molecular complexity index is 766. The van der Waals surface area contributed by atoms with Crippen molar-refractivity contribution in [3.05, 3.63) is 53.1 Å². The summed E-state index contributed by atoms with van der Waals surface area (Å²) in [5, 5.41) is 9.38. The first-order valence-electron chi connectivity index (χ1n) is 8.72. The van der Waals surface area contributed by atoms with Gasteiger partial charge in [-0.2, -0.15) is 5.26 Å². The molecule has 0 aliphatic carbocycles. The second kappa shape index (κ2) is 10.5. The third-order valence-corrected chi connectivity index (χ3v) is 4.19. The van der Waals surface area contributed by atoms with Gasteiger partial charge in [-0.1, -0.05) is 29.8 Å². The van der Waals surface area contributed by atoms with Crippen LogP contribution in [0.1, 0.15) is 38.2 Å². The fourth-order valence-electron chi connectivity index (χ4n) is 2.50. The third kappa shape index (κ3) is 6.09. The van der Waals surface area contributed by atoms with Crippen LogP contribution in [0.5, 0.6) is 5.75 Å². The van der Waals surface area contributed by atoms with E-state index >= 15 is 0 Å². The summed E-state index contributed by atoms with van der Waals surface area (Å²) < 4.78 is 10.6. The van der Waals surface area contributed by atoms with Gasteiger partial charge in [0, 0.05) is 6.42 Å². The molecular weight excluding hydrogens is 350 g/mol. The molecule has 4 nitrogen and oxygen atoms in total. The Morgan fingerprint density at radius 2 is 1.81 bits per heavy atom. The van der Waals surface area contributed by atoms with E-state index in [4.69, 9.17) is 26.3 Å². The number of halogens is 1. The number of ether oxygens (including phenoxy) is 2. The Morgan fingerprint density at radius 3 is 2.46 bits per heavy atom. The van der Waals surface area contributed by atoms with Crippen LogP contribution in [0.3, 0.4) is 0 Å². The average molecular weight is 372 g/mol. The summed E-state index contributed by atoms with van der Waals surface area (Å²) in [7, 11) is 0. The molecule has 136 valence electrons. The number of unbranched alkanes of at least 4 members (excludes halogenated alkanes) is 2. The number of hydrogen-bond acceptors (Lipinski definition) is 4. The van der Waals surface area contributed by atoms with E-state index in [1.54, 1.807) is 12.1 Å². The zero-order chi connectivity index (χ0) is 18.8. The van der Waals surface area contributed by atoms with Gasteiger partial charge in [0.25, 0.3) is 0 Å². The molecule has 0 aliphatic rings. The quantitative estimate of drug-likeness (QED) is 0.438. The first-order valence-corrected chi connectivity index (χ1v) is 9.10. The smallest absolute Gasteiger partial charge is 0.305 e. The highest BCUT2D eigenvalue weighted by atomic mass is 35.5. The lowest BCUT2D eigenvalue weighted by Gasteiger charge is -2.08. The van der Waals surface area contributed by atoms with Crippen molar-refractivity contribution in [1.29, 1.82) is 5.26 Å². The predicted molar refractivity (Wildman–Crippen MR) is 102 cm³/mol. The minimum absolute atomic E-state index is 0.132. The maximum atomic E-state index is 11.2. The number of rotatable bonds is 9. The first kappa shape index (κ1) is 19.8. The Kier molecular flexibility index (Phi) is 7.98. The molecule has 26 heavy (non-hydrogen) atoms. The van der Waals surface area contributed by atoms with Gasteiger partial charge >= 0.3 is 5.97 Å². The molecule has 0 aliphatic heterocycles. The average Bonchev–Trinajstić information content (AvgIpc) is 2.65. The van der Waals surface area contributed by atoms with Crippen LogP contribution in [-0.4, -0.2) is 19.2 Å². The maximum Gasteiger partial charge on any atom is 0.305 e. The minimum Gasteiger partial charge on any atom is -0.494 e. The van der Waals surface area contributed by atoms with Crippen molar-refractivity contribution in [2.45, 2.75) is 32.6 Å². The number of benzene rings is 2. The van der Waals surface area contributed by atoms with Crippen molar-refractivity contribution in [1.82, 2.24) is 0 Å². The molecule has 0 fully saturated rings. The zero-order valence-corrected chi connectivity index (χ0v) is 15.6. The monoisotopic (exact) mass is 371 g/mol. The van der Waals surface area contributed by atoms with Gasteiger partial charge in [-0.15, -0.1) is 0 Å². The van der Waals surface area contributed by atoms with Crippen molar-refractivity contribution in [2.75, 3.05) is 13.2 Å². The summed E-state index contributed by atoms with van der Waals surface area (Å²) in [5.41, 5.74) is 2.44. The standard InChI is InChI=1S/C21H22ClNO3/c1-2-25-21(24)6-4-3-5-13-26-19-11-9-16(10-12-19)17-7-8-18(15-23)20(22)14-17/h7-12,14H,2-6,13H2,1H3. The van der Waals surface area contributed by atoms with E-state index in [-0.39, 0.29) is 5.97 Å². The van der Waals surface area contributed by atoms with Crippen molar-refractivity contribution in [2.24, 2.45) is 0 Å². The van der Waals surface area contributed by atoms with Crippen LogP contribution in [0.2, 0.25) is 5.02 Å². The zero-order valence-electron chi connectivity index (χ0n) is 14.8. The highest BCUT2D eigenvalue weighted by Gasteiger charge is 2.04. The normalized spacial score (nSPS) is 10.2. The molecule has 0 saturated carbocycles. The van der Waals surface area contributed by atoms with E-state index < -0.39 is 0 Å². The van der Waals surface area contributed by atoms with E-state index in [1.165, 1.54) is 0 Å². The predicted octanol–water partition coefficient (Wildman–Crippen LogP) is 5.38. The minimum atomic E-state index is -0.132. The second-order valence-electron chi connectivity index (χ2n) is 5.79. The van der Waals surface area contributed by atoms with Gasteiger partial charge in [0.2, 0.25) is 0 Å². The molecule has 2 aromatic carbocycles. The molecule has 0 unspecified atom stereocenters. The van der Waals surface area contributed by atoms with Crippen molar-refractivity contribution < 1.29 is 14.3 Å². The van der Waals surface area contributed by atoms with Crippen LogP contribution in [-0.2, 0) is 9.53 Å². The summed E-state index contributed by atoms with van der Waals surface area (Å²) in [5.74, 6) is 0.672. The van der Waals surface area contributed by atoms with Crippen molar-refractivity contribution >= 4 is 17.6 Å². The van der Waals surface area contributed by atoms with Crippen LogP contribution >= 0.6 is 11.6 Å². The SMILES string of the molecule is CCOC(=O)CCCCCOc1ccc(-c2ccc(C#N)c(Cl)c2)cc1. The maximum absolute atomic E-state index is 11.2. The van der Waals surface area contributed by atoms with Gasteiger partial charge in [0.15, 0.2) is 0 Å². The number of nitriles is 1. The van der Waals surface area contributed by atoms with E-state index in [0.717, 1.165) is 36.1 Å². The fraction of sp³-hybridized carbons (Fsp3) is 0.333. The first-order chi connectivity index (χ1) is 12.6. The van der Waals surface area contributed by atoms with E-state index in [9.17, 15) is 4.79 Å². The van der Waals surface area contributed by atoms with Crippen LogP contribution in [0.4, 0.5) is 0 Å². The molecule has 2 aromatic rings. The van der Waals surface area contributed by atoms with Crippen LogP contribution in [0, 0.1) is 11.3 Å². The highest BCUT2D eigenvalue weighted by Crippen LogP contribution is 2.27. The molecule has 0 atom stereocenters. The second-order valence-corrected chi connectivity index (χ2v) is 6.20. The number of nitrogens with zero attached hydrogens (tertiary/aromatic N) is 1. The molecule has 0 amide bonds. The van der Waals surface area contributed by atoms with Crippen LogP contribution < -0.4 is 4.74 Å². The van der Waals surface area contributed by atoms with E-state index in [0.29, 0.717) is 30.2 Å². The number of carbonyl (C=O) groups is 1. The molecule has 5 heteroatoms. The Hall–Kier alpha value is -2.51. The van der Waals surface area contributed by atoms with Gasteiger partial charge in [0.1, 0.15) is 11.8 Å². The molecule has 0 radical (unpaired) electrons. The number of carbonyl (C=O) groups excluding carboxylic acids is 1. The van der Waals surface area contributed by atoms with Crippen molar-refractivity contribution in [3.8, 4) is 22.9 Å². The lowest BCUT2D eigenvalue weighted by molar-refractivity contribution is -0.143. The summed E-state index contributed by atoms with van der Waals surface area (Å²) >= 11 is 6.08. The van der Waals surface area contributed by atoms with Gasteiger partial charge in [0.05, 0.1) is 23.8 Å². The Morgan fingerprint density at radius 1 is 1.08 bits per heavy atom. The van der Waals surface area contributed by atoms with Gasteiger partial charge in [-0.3, -0.25) is 4.79 Å². The van der Waals surface area contributed by atoms with Gasteiger partial charge < -0.3 is 9.47 Å². The van der Waals surface area contributed by atoms with Gasteiger partial charge in [-0.25, -0.2) is 0 Å². The molecule has 0 aromatic heterocycles. The molecule has 0 N–H and O–H groups in total. The van der Waals surface area contributed by atoms with Crippen LogP contribution in [0.25, 0.3) is 11.1 Å². The Balaban J connectivity index is 1.77. The largest absolute Gasteiger partial charge is 0.494 e. The highest BCUT2D eigenvalue weighted by molar-refractivity contribution is 6.32. The van der Waals surface area contributed by atoms with E-state index in [1.807, 2.05) is 37.3 Å². The molecule has 0 spiro atoms. The number of esters is 1. The molecule has 0 saturated heterocycles. The molecular formula is C21H22ClNO3. The molecule has 0 bridgehead atoms. The summed E-state index contributed by atoms with van der Waals surface area (Å²) in [6.45, 7) is 2.87. The van der Waals surface area contributed by atoms with Gasteiger partial charge in [-0.05, 0) is 61.6 Å². The molecule has 0 heterocycles. The lowest BCUT2D eigenvalue weighted by Crippen LogP contribution is -2.04. The molecule has 2 rings (SSSR count). The summed E-state index contributed by atoms with van der Waals surface area (Å²) in [4.78, 5) is 11.2. The topological polar surface area (TPSA) is 59.3 Å². The van der Waals surface area contributed by atoms with Crippen molar-refractivity contribution in [3.63, 3.8) is 0 Å².